The summed E-state index contributed by atoms with van der Waals surface area (Å²) >= 11 is 0. The van der Waals surface area contributed by atoms with Gasteiger partial charge in [0.25, 0.3) is 0 Å². The SMILES string of the molecule is N=C=O.N=C=O.N=C=O.OCCCCCCO. The average Bonchev–Trinajstić information content (AvgIpc) is 2.28. The van der Waals surface area contributed by atoms with Crippen LogP contribution in [-0.2, 0) is 14.4 Å². The molecule has 0 heterocycles. The Kier molecular flexibility index (Phi) is 68.9. The van der Waals surface area contributed by atoms with Crippen LogP contribution in [-0.4, -0.2) is 41.7 Å². The molecule has 0 spiro atoms. The molecule has 0 aliphatic heterocycles. The minimum atomic E-state index is 0.283. The summed E-state index contributed by atoms with van der Waals surface area (Å²) in [5, 5.41) is 32.8. The number of hydrogen-bond acceptors (Lipinski definition) is 8. The lowest BCUT2D eigenvalue weighted by atomic mass is 10.2. The van der Waals surface area contributed by atoms with E-state index in [4.69, 9.17) is 40.8 Å². The lowest BCUT2D eigenvalue weighted by Gasteiger charge is -1.93. The molecule has 5 N–H and O–H groups in total. The maximum Gasteiger partial charge on any atom is 0.231 e. The predicted octanol–water partition coefficient (Wildman–Crippen LogP) is 0.234. The fourth-order valence-corrected chi connectivity index (χ4v) is 0.577. The van der Waals surface area contributed by atoms with Crippen molar-refractivity contribution >= 4 is 18.2 Å². The number of isocyanates is 3. The first-order chi connectivity index (χ1) is 8.16. The van der Waals surface area contributed by atoms with E-state index < -0.39 is 0 Å². The smallest absolute Gasteiger partial charge is 0.231 e. The number of hydrogen-bond donors (Lipinski definition) is 5. The summed E-state index contributed by atoms with van der Waals surface area (Å²) in [6, 6.07) is 0. The molecule has 0 rings (SSSR count). The van der Waals surface area contributed by atoms with E-state index in [2.05, 4.69) is 0 Å². The van der Waals surface area contributed by atoms with Crippen LogP contribution in [0.25, 0.3) is 0 Å². The van der Waals surface area contributed by atoms with Crippen LogP contribution in [0.1, 0.15) is 25.7 Å². The zero-order valence-electron chi connectivity index (χ0n) is 9.36. The highest BCUT2D eigenvalue weighted by Crippen LogP contribution is 1.96. The number of nitrogens with one attached hydrogen (secondary N) is 3. The topological polar surface area (TPSA) is 163 Å². The highest BCUT2D eigenvalue weighted by molar-refractivity contribution is 5.26. The van der Waals surface area contributed by atoms with Gasteiger partial charge in [0.2, 0.25) is 18.2 Å². The van der Waals surface area contributed by atoms with Crippen molar-refractivity contribution in [3.63, 3.8) is 0 Å². The van der Waals surface area contributed by atoms with Crippen molar-refractivity contribution in [1.29, 1.82) is 16.2 Å². The van der Waals surface area contributed by atoms with E-state index >= 15 is 0 Å². The Labute approximate surface area is 98.8 Å². The minimum Gasteiger partial charge on any atom is -0.396 e. The molecule has 0 aliphatic carbocycles. The zero-order chi connectivity index (χ0) is 14.4. The molecular formula is C9H17N3O5. The van der Waals surface area contributed by atoms with Crippen LogP contribution in [0.5, 0.6) is 0 Å². The van der Waals surface area contributed by atoms with E-state index in [9.17, 15) is 0 Å². The number of unbranched alkanes of at least 4 members (excludes halogenated alkanes) is 3. The summed E-state index contributed by atoms with van der Waals surface area (Å²) < 4.78 is 0. The summed E-state index contributed by atoms with van der Waals surface area (Å²) in [7, 11) is 0. The van der Waals surface area contributed by atoms with E-state index in [1.54, 1.807) is 0 Å². The molecule has 0 amide bonds. The van der Waals surface area contributed by atoms with Crippen molar-refractivity contribution in [3.05, 3.63) is 0 Å². The maximum atomic E-state index is 8.35. The lowest BCUT2D eigenvalue weighted by Crippen LogP contribution is -1.85. The molecule has 0 bridgehead atoms. The summed E-state index contributed by atoms with van der Waals surface area (Å²) in [6.45, 7) is 0.566. The zero-order valence-corrected chi connectivity index (χ0v) is 9.36. The summed E-state index contributed by atoms with van der Waals surface area (Å²) in [5.74, 6) is 0. The Morgan fingerprint density at radius 3 is 0.941 bits per heavy atom. The van der Waals surface area contributed by atoms with Crippen molar-refractivity contribution in [2.75, 3.05) is 13.2 Å². The van der Waals surface area contributed by atoms with E-state index in [0.717, 1.165) is 43.9 Å². The van der Waals surface area contributed by atoms with Crippen LogP contribution in [0.2, 0.25) is 0 Å². The van der Waals surface area contributed by atoms with Gasteiger partial charge in [-0.1, -0.05) is 12.8 Å². The average molecular weight is 247 g/mol. The van der Waals surface area contributed by atoms with Crippen molar-refractivity contribution < 1.29 is 24.6 Å². The van der Waals surface area contributed by atoms with Gasteiger partial charge in [-0.15, -0.1) is 0 Å². The van der Waals surface area contributed by atoms with Gasteiger partial charge in [-0.05, 0) is 12.8 Å². The molecule has 8 heteroatoms. The minimum absolute atomic E-state index is 0.283. The first kappa shape index (κ1) is 24.3. The van der Waals surface area contributed by atoms with Crippen LogP contribution < -0.4 is 0 Å². The van der Waals surface area contributed by atoms with E-state index in [0.29, 0.717) is 0 Å². The molecule has 0 radical (unpaired) electrons. The van der Waals surface area contributed by atoms with Gasteiger partial charge in [-0.25, -0.2) is 30.6 Å². The van der Waals surface area contributed by atoms with Gasteiger partial charge in [-0.3, -0.25) is 0 Å². The molecule has 0 aromatic heterocycles. The Morgan fingerprint density at radius 2 is 0.824 bits per heavy atom. The molecule has 0 aromatic carbocycles. The number of aliphatic hydroxyl groups is 2. The monoisotopic (exact) mass is 247 g/mol. The Morgan fingerprint density at radius 1 is 0.647 bits per heavy atom. The number of rotatable bonds is 5. The van der Waals surface area contributed by atoms with Crippen LogP contribution in [0.15, 0.2) is 0 Å². The van der Waals surface area contributed by atoms with E-state index in [1.165, 1.54) is 0 Å². The molecule has 17 heavy (non-hydrogen) atoms. The van der Waals surface area contributed by atoms with Crippen LogP contribution in [0.3, 0.4) is 0 Å². The van der Waals surface area contributed by atoms with Crippen molar-refractivity contribution in [1.82, 2.24) is 0 Å². The number of aliphatic hydroxyl groups excluding tert-OH is 2. The largest absolute Gasteiger partial charge is 0.396 e. The van der Waals surface area contributed by atoms with Crippen molar-refractivity contribution in [2.45, 2.75) is 25.7 Å². The third-order valence-corrected chi connectivity index (χ3v) is 1.07. The summed E-state index contributed by atoms with van der Waals surface area (Å²) in [5.41, 5.74) is 0. The Balaban J connectivity index is -0.0000000784. The molecule has 0 fully saturated rings. The summed E-state index contributed by atoms with van der Waals surface area (Å²) in [4.78, 5) is 25.0. The first-order valence-electron chi connectivity index (χ1n) is 4.49. The van der Waals surface area contributed by atoms with E-state index in [1.807, 2.05) is 0 Å². The quantitative estimate of drug-likeness (QED) is 0.266. The molecule has 0 atom stereocenters. The molecule has 98 valence electrons. The molecule has 0 aromatic rings. The van der Waals surface area contributed by atoms with Crippen molar-refractivity contribution in [2.24, 2.45) is 0 Å². The third kappa shape index (κ3) is 218. The van der Waals surface area contributed by atoms with E-state index in [-0.39, 0.29) is 13.2 Å². The van der Waals surface area contributed by atoms with Crippen LogP contribution >= 0.6 is 0 Å². The Bertz CT molecular complexity index is 180. The second-order valence-electron chi connectivity index (χ2n) is 2.17. The fourth-order valence-electron chi connectivity index (χ4n) is 0.577. The molecule has 0 aliphatic rings. The fraction of sp³-hybridized carbons (Fsp3) is 0.667. The second kappa shape index (κ2) is 48.1. The van der Waals surface area contributed by atoms with Crippen molar-refractivity contribution in [3.8, 4) is 0 Å². The summed E-state index contributed by atoms with van der Waals surface area (Å²) in [6.07, 6.45) is 6.08. The van der Waals surface area contributed by atoms with Gasteiger partial charge in [0.15, 0.2) is 0 Å². The molecule has 8 nitrogen and oxygen atoms in total. The van der Waals surface area contributed by atoms with Gasteiger partial charge in [-0.2, -0.15) is 0 Å². The lowest BCUT2D eigenvalue weighted by molar-refractivity contribution is 0.265. The molecule has 0 saturated heterocycles. The van der Waals surface area contributed by atoms with Gasteiger partial charge >= 0.3 is 0 Å². The maximum absolute atomic E-state index is 8.35. The highest BCUT2D eigenvalue weighted by Gasteiger charge is 1.84. The van der Waals surface area contributed by atoms with Crippen LogP contribution in [0.4, 0.5) is 0 Å². The third-order valence-electron chi connectivity index (χ3n) is 1.07. The first-order valence-corrected chi connectivity index (χ1v) is 4.49. The van der Waals surface area contributed by atoms with Crippen LogP contribution in [0, 0.1) is 16.2 Å². The molecule has 0 saturated carbocycles. The van der Waals surface area contributed by atoms with Gasteiger partial charge in [0, 0.05) is 13.2 Å². The second-order valence-corrected chi connectivity index (χ2v) is 2.17. The number of carbonyl (C=O) groups excluding carboxylic acids is 3. The predicted molar refractivity (Wildman–Crippen MR) is 57.9 cm³/mol. The molecular weight excluding hydrogens is 230 g/mol. The van der Waals surface area contributed by atoms with Gasteiger partial charge in [0.05, 0.1) is 0 Å². The Hall–Kier alpha value is -1.94. The van der Waals surface area contributed by atoms with Gasteiger partial charge in [0.1, 0.15) is 0 Å². The standard InChI is InChI=1S/C6H14O2.3CHNO/c7-5-3-1-2-4-6-8;3*2-1-3/h7-8H,1-6H2;3*2H. The molecule has 0 unspecified atom stereocenters. The highest BCUT2D eigenvalue weighted by atomic mass is 16.3. The normalized spacial score (nSPS) is 6.00. The van der Waals surface area contributed by atoms with Gasteiger partial charge < -0.3 is 10.2 Å².